The van der Waals surface area contributed by atoms with Gasteiger partial charge in [-0.25, -0.2) is 12.7 Å². The highest BCUT2D eigenvalue weighted by molar-refractivity contribution is 7.89. The molecule has 43 heavy (non-hydrogen) atoms. The summed E-state index contributed by atoms with van der Waals surface area (Å²) in [4.78, 5) is 17.2. The van der Waals surface area contributed by atoms with Gasteiger partial charge in [0.25, 0.3) is 0 Å². The molecule has 1 fully saturated rings. The Bertz CT molecular complexity index is 1660. The lowest BCUT2D eigenvalue weighted by Gasteiger charge is -2.33. The molecule has 0 aliphatic carbocycles. The van der Waals surface area contributed by atoms with Crippen LogP contribution in [0.1, 0.15) is 22.4 Å². The van der Waals surface area contributed by atoms with E-state index in [1.54, 1.807) is 29.2 Å². The zero-order valence-corrected chi connectivity index (χ0v) is 26.7. The van der Waals surface area contributed by atoms with E-state index < -0.39 is 10.0 Å². The topological polar surface area (TPSA) is 88.0 Å². The van der Waals surface area contributed by atoms with Gasteiger partial charge in [-0.1, -0.05) is 54.1 Å². The molecule has 0 radical (unpaired) electrons. The van der Waals surface area contributed by atoms with Gasteiger partial charge >= 0.3 is 0 Å². The monoisotopic (exact) mass is 643 g/mol. The van der Waals surface area contributed by atoms with Gasteiger partial charge in [-0.05, 0) is 48.4 Å². The number of carbonyl (C=O) groups is 1. The molecule has 5 rings (SSSR count). The molecule has 0 unspecified atom stereocenters. The van der Waals surface area contributed by atoms with E-state index in [9.17, 15) is 13.2 Å². The number of sulfonamides is 1. The number of amides is 1. The van der Waals surface area contributed by atoms with Crippen molar-refractivity contribution >= 4 is 45.8 Å². The van der Waals surface area contributed by atoms with Crippen LogP contribution >= 0.6 is 24.0 Å². The van der Waals surface area contributed by atoms with Crippen molar-refractivity contribution in [3.05, 3.63) is 106 Å². The van der Waals surface area contributed by atoms with Gasteiger partial charge in [0.05, 0.1) is 18.0 Å². The molecule has 1 saturated heterocycles. The summed E-state index contributed by atoms with van der Waals surface area (Å²) in [5.74, 6) is 1.31. The minimum Gasteiger partial charge on any atom is -0.489 e. The van der Waals surface area contributed by atoms with Crippen molar-refractivity contribution < 1.29 is 17.9 Å². The van der Waals surface area contributed by atoms with Crippen molar-refractivity contribution in [1.82, 2.24) is 19.0 Å². The molecule has 0 bridgehead atoms. The third-order valence-electron chi connectivity index (χ3n) is 7.23. The lowest BCUT2D eigenvalue weighted by atomic mass is 10.2. The third-order valence-corrected chi connectivity index (χ3v) is 9.30. The van der Waals surface area contributed by atoms with Crippen LogP contribution < -0.4 is 9.64 Å². The van der Waals surface area contributed by atoms with E-state index in [0.717, 1.165) is 28.1 Å². The van der Waals surface area contributed by atoms with Gasteiger partial charge in [-0.3, -0.25) is 19.3 Å². The first kappa shape index (κ1) is 32.5. The number of anilines is 1. The van der Waals surface area contributed by atoms with E-state index in [4.69, 9.17) is 21.4 Å². The van der Waals surface area contributed by atoms with Crippen LogP contribution in [0.25, 0.3) is 0 Å². The molecule has 1 aliphatic rings. The molecule has 228 valence electrons. The molecule has 9 nitrogen and oxygen atoms in total. The smallest absolute Gasteiger partial charge is 0.242 e. The molecule has 1 amide bonds. The van der Waals surface area contributed by atoms with Crippen LogP contribution in [0.15, 0.2) is 83.8 Å². The zero-order valence-electron chi connectivity index (χ0n) is 24.3. The van der Waals surface area contributed by atoms with Gasteiger partial charge in [0.2, 0.25) is 15.9 Å². The highest BCUT2D eigenvalue weighted by atomic mass is 35.5. The summed E-state index contributed by atoms with van der Waals surface area (Å²) in [6.07, 6.45) is 0. The summed E-state index contributed by atoms with van der Waals surface area (Å²) in [6, 6.07) is 24.3. The van der Waals surface area contributed by atoms with E-state index in [2.05, 4.69) is 4.90 Å². The second kappa shape index (κ2) is 13.9. The largest absolute Gasteiger partial charge is 0.489 e. The Morgan fingerprint density at radius 3 is 2.33 bits per heavy atom. The van der Waals surface area contributed by atoms with E-state index in [0.29, 0.717) is 43.6 Å². The SMILES string of the molecule is Cc1cc(N2CCN(Cc3ccc(S(=O)(=O)N(C)C)cc3)CC2=O)nn1Cc1cc(Cl)ccc1OCc1ccccc1.Cl. The number of aromatic nitrogens is 2. The van der Waals surface area contributed by atoms with Gasteiger partial charge in [-0.2, -0.15) is 5.10 Å². The van der Waals surface area contributed by atoms with Crippen LogP contribution in [-0.4, -0.2) is 67.0 Å². The molecule has 12 heteroatoms. The summed E-state index contributed by atoms with van der Waals surface area (Å²) < 4.78 is 33.8. The number of rotatable bonds is 10. The van der Waals surface area contributed by atoms with Crippen molar-refractivity contribution in [2.24, 2.45) is 0 Å². The molecule has 2 heterocycles. The molecule has 3 aromatic carbocycles. The van der Waals surface area contributed by atoms with Crippen molar-refractivity contribution in [2.45, 2.75) is 31.5 Å². The Kier molecular flexibility index (Phi) is 10.5. The Labute approximate surface area is 264 Å². The predicted octanol–water partition coefficient (Wildman–Crippen LogP) is 4.99. The summed E-state index contributed by atoms with van der Waals surface area (Å²) in [5, 5.41) is 5.38. The second-order valence-electron chi connectivity index (χ2n) is 10.5. The standard InChI is InChI=1S/C31H34ClN5O4S.ClH/c1-23-17-30(33-37(23)20-26-18-27(32)11-14-29(26)41-22-25-7-5-4-6-8-25)36-16-15-35(21-31(36)38)19-24-9-12-28(13-10-24)42(39,40)34(2)3;/h4-14,17-18H,15-16,19-22H2,1-3H3;1H. The summed E-state index contributed by atoms with van der Waals surface area (Å²) >= 11 is 6.33. The van der Waals surface area contributed by atoms with Gasteiger partial charge in [0.1, 0.15) is 12.4 Å². The maximum absolute atomic E-state index is 13.2. The van der Waals surface area contributed by atoms with E-state index in [1.807, 2.05) is 66.2 Å². The average Bonchev–Trinajstić information content (AvgIpc) is 3.32. The van der Waals surface area contributed by atoms with Crippen molar-refractivity contribution in [1.29, 1.82) is 0 Å². The highest BCUT2D eigenvalue weighted by Crippen LogP contribution is 2.27. The van der Waals surface area contributed by atoms with Gasteiger partial charge in [-0.15, -0.1) is 12.4 Å². The molecule has 1 aliphatic heterocycles. The maximum atomic E-state index is 13.2. The van der Waals surface area contributed by atoms with Crippen molar-refractivity contribution in [3.8, 4) is 5.75 Å². The Balaban J connectivity index is 0.00000423. The lowest BCUT2D eigenvalue weighted by molar-refractivity contribution is -0.121. The molecular formula is C31H35Cl2N5O4S. The number of carbonyl (C=O) groups excluding carboxylic acids is 1. The fourth-order valence-corrected chi connectivity index (χ4v) is 5.93. The summed E-state index contributed by atoms with van der Waals surface area (Å²) in [5.41, 5.74) is 3.84. The highest BCUT2D eigenvalue weighted by Gasteiger charge is 2.27. The molecule has 0 saturated carbocycles. The molecule has 0 N–H and O–H groups in total. The molecule has 0 atom stereocenters. The first-order valence-corrected chi connectivity index (χ1v) is 15.5. The van der Waals surface area contributed by atoms with E-state index in [-0.39, 0.29) is 29.8 Å². The predicted molar refractivity (Wildman–Crippen MR) is 170 cm³/mol. The fraction of sp³-hybridized carbons (Fsp3) is 0.290. The van der Waals surface area contributed by atoms with E-state index >= 15 is 0 Å². The second-order valence-corrected chi connectivity index (χ2v) is 13.1. The first-order chi connectivity index (χ1) is 20.1. The third kappa shape index (κ3) is 7.76. The zero-order chi connectivity index (χ0) is 29.9. The van der Waals surface area contributed by atoms with Crippen LogP contribution in [-0.2, 0) is 34.5 Å². The molecule has 0 spiro atoms. The first-order valence-electron chi connectivity index (χ1n) is 13.6. The quantitative estimate of drug-likeness (QED) is 0.242. The van der Waals surface area contributed by atoms with Crippen LogP contribution in [0.4, 0.5) is 5.82 Å². The number of aryl methyl sites for hydroxylation is 1. The fourth-order valence-electron chi connectivity index (χ4n) is 4.83. The van der Waals surface area contributed by atoms with Gasteiger partial charge in [0, 0.05) is 56.1 Å². The van der Waals surface area contributed by atoms with Crippen LogP contribution in [0.2, 0.25) is 5.02 Å². The minimum atomic E-state index is -3.48. The number of benzene rings is 3. The molecular weight excluding hydrogens is 609 g/mol. The number of halogens is 2. The minimum absolute atomic E-state index is 0. The number of hydrogen-bond donors (Lipinski definition) is 0. The Morgan fingerprint density at radius 2 is 1.65 bits per heavy atom. The van der Waals surface area contributed by atoms with Gasteiger partial charge in [0.15, 0.2) is 5.82 Å². The number of ether oxygens (including phenoxy) is 1. The van der Waals surface area contributed by atoms with Crippen LogP contribution in [0.3, 0.4) is 0 Å². The molecule has 1 aromatic heterocycles. The van der Waals surface area contributed by atoms with E-state index in [1.165, 1.54) is 18.4 Å². The van der Waals surface area contributed by atoms with Crippen molar-refractivity contribution in [3.63, 3.8) is 0 Å². The molecule has 4 aromatic rings. The Hall–Kier alpha value is -3.41. The Morgan fingerprint density at radius 1 is 0.930 bits per heavy atom. The maximum Gasteiger partial charge on any atom is 0.242 e. The lowest BCUT2D eigenvalue weighted by Crippen LogP contribution is -2.50. The number of nitrogens with zero attached hydrogens (tertiary/aromatic N) is 5. The number of hydrogen-bond acceptors (Lipinski definition) is 6. The van der Waals surface area contributed by atoms with Gasteiger partial charge < -0.3 is 4.74 Å². The van der Waals surface area contributed by atoms with Crippen molar-refractivity contribution in [2.75, 3.05) is 38.6 Å². The number of piperazine rings is 1. The van der Waals surface area contributed by atoms with Crippen LogP contribution in [0, 0.1) is 6.92 Å². The summed E-state index contributed by atoms with van der Waals surface area (Å²) in [7, 11) is -0.460. The summed E-state index contributed by atoms with van der Waals surface area (Å²) in [6.45, 7) is 4.82. The normalized spacial score (nSPS) is 14.2. The van der Waals surface area contributed by atoms with Crippen LogP contribution in [0.5, 0.6) is 5.75 Å². The average molecular weight is 645 g/mol.